The van der Waals surface area contributed by atoms with Gasteiger partial charge in [-0.3, -0.25) is 4.79 Å². The monoisotopic (exact) mass is 389 g/mol. The molecule has 0 aromatic heterocycles. The molecule has 126 valence electrons. The van der Waals surface area contributed by atoms with Gasteiger partial charge in [-0.15, -0.1) is 0 Å². The van der Waals surface area contributed by atoms with Gasteiger partial charge in [-0.2, -0.15) is 0 Å². The van der Waals surface area contributed by atoms with E-state index >= 15 is 0 Å². The van der Waals surface area contributed by atoms with Gasteiger partial charge in [0, 0.05) is 10.5 Å². The number of halogens is 1. The highest BCUT2D eigenvalue weighted by atomic mass is 79.9. The van der Waals surface area contributed by atoms with Crippen molar-refractivity contribution in [3.05, 3.63) is 64.1 Å². The van der Waals surface area contributed by atoms with E-state index in [9.17, 15) is 4.79 Å². The number of carbonyl (C=O) groups excluding carboxylic acids is 1. The standard InChI is InChI=1S/C19H20BrNO3/c1-13(14-7-9-15(20)10-8-14)21-19(22)12-11-16-17(23-2)5-4-6-18(16)24-3/h4-13H,1-3H3,(H,21,22)/b12-11+/t13-/m1/s1. The predicted octanol–water partition coefficient (Wildman–Crippen LogP) is 4.36. The van der Waals surface area contributed by atoms with Gasteiger partial charge in [-0.25, -0.2) is 0 Å². The summed E-state index contributed by atoms with van der Waals surface area (Å²) in [7, 11) is 3.17. The highest BCUT2D eigenvalue weighted by Crippen LogP contribution is 2.29. The first-order valence-electron chi connectivity index (χ1n) is 7.50. The van der Waals surface area contributed by atoms with Crippen LogP contribution in [0.15, 0.2) is 53.0 Å². The van der Waals surface area contributed by atoms with Crippen LogP contribution in [0, 0.1) is 0 Å². The molecule has 0 bridgehead atoms. The summed E-state index contributed by atoms with van der Waals surface area (Å²) in [6, 6.07) is 13.2. The van der Waals surface area contributed by atoms with Crippen LogP contribution in [0.25, 0.3) is 6.08 Å². The smallest absolute Gasteiger partial charge is 0.244 e. The summed E-state index contributed by atoms with van der Waals surface area (Å²) in [5, 5.41) is 2.94. The van der Waals surface area contributed by atoms with Gasteiger partial charge in [-0.1, -0.05) is 34.1 Å². The third-order valence-corrected chi connectivity index (χ3v) is 4.12. The summed E-state index contributed by atoms with van der Waals surface area (Å²) in [5.41, 5.74) is 1.77. The molecule has 0 unspecified atom stereocenters. The fraction of sp³-hybridized carbons (Fsp3) is 0.211. The van der Waals surface area contributed by atoms with Crippen molar-refractivity contribution in [2.24, 2.45) is 0 Å². The van der Waals surface area contributed by atoms with Crippen LogP contribution in [0.4, 0.5) is 0 Å². The number of methoxy groups -OCH3 is 2. The Morgan fingerprint density at radius 2 is 1.67 bits per heavy atom. The molecule has 1 amide bonds. The number of rotatable bonds is 6. The van der Waals surface area contributed by atoms with Gasteiger partial charge in [0.15, 0.2) is 0 Å². The number of benzene rings is 2. The molecule has 0 aliphatic carbocycles. The molecule has 24 heavy (non-hydrogen) atoms. The lowest BCUT2D eigenvalue weighted by Gasteiger charge is -2.13. The van der Waals surface area contributed by atoms with Crippen LogP contribution in [0.5, 0.6) is 11.5 Å². The van der Waals surface area contributed by atoms with Crippen LogP contribution in [0.1, 0.15) is 24.1 Å². The maximum atomic E-state index is 12.2. The Labute approximate surface area is 150 Å². The number of amides is 1. The van der Waals surface area contributed by atoms with E-state index < -0.39 is 0 Å². The summed E-state index contributed by atoms with van der Waals surface area (Å²) < 4.78 is 11.6. The number of hydrogen-bond acceptors (Lipinski definition) is 3. The van der Waals surface area contributed by atoms with Gasteiger partial charge < -0.3 is 14.8 Å². The molecule has 0 fully saturated rings. The minimum Gasteiger partial charge on any atom is -0.496 e. The van der Waals surface area contributed by atoms with E-state index in [0.717, 1.165) is 15.6 Å². The molecule has 2 aromatic carbocycles. The average molecular weight is 390 g/mol. The molecular weight excluding hydrogens is 370 g/mol. The van der Waals surface area contributed by atoms with Crippen LogP contribution < -0.4 is 14.8 Å². The fourth-order valence-corrected chi connectivity index (χ4v) is 2.56. The van der Waals surface area contributed by atoms with E-state index in [1.165, 1.54) is 6.08 Å². The number of nitrogens with one attached hydrogen (secondary N) is 1. The molecule has 0 radical (unpaired) electrons. The van der Waals surface area contributed by atoms with E-state index in [0.29, 0.717) is 11.5 Å². The topological polar surface area (TPSA) is 47.6 Å². The maximum Gasteiger partial charge on any atom is 0.244 e. The van der Waals surface area contributed by atoms with Gasteiger partial charge in [0.25, 0.3) is 0 Å². The summed E-state index contributed by atoms with van der Waals surface area (Å²) in [6.07, 6.45) is 3.18. The van der Waals surface area contributed by atoms with Gasteiger partial charge in [0.05, 0.1) is 25.8 Å². The first kappa shape index (κ1) is 18.1. The largest absolute Gasteiger partial charge is 0.496 e. The number of ether oxygens (including phenoxy) is 2. The zero-order valence-corrected chi connectivity index (χ0v) is 15.5. The number of carbonyl (C=O) groups is 1. The fourth-order valence-electron chi connectivity index (χ4n) is 2.30. The minimum absolute atomic E-state index is 0.0881. The molecule has 0 spiro atoms. The Morgan fingerprint density at radius 3 is 2.21 bits per heavy atom. The second-order valence-corrected chi connectivity index (χ2v) is 6.11. The molecule has 0 saturated carbocycles. The van der Waals surface area contributed by atoms with E-state index in [-0.39, 0.29) is 11.9 Å². The molecule has 5 heteroatoms. The van der Waals surface area contributed by atoms with E-state index in [4.69, 9.17) is 9.47 Å². The lowest BCUT2D eigenvalue weighted by atomic mass is 10.1. The molecule has 0 saturated heterocycles. The Morgan fingerprint density at radius 1 is 1.08 bits per heavy atom. The predicted molar refractivity (Wildman–Crippen MR) is 99.3 cm³/mol. The maximum absolute atomic E-state index is 12.2. The van der Waals surface area contributed by atoms with Crippen LogP contribution in [-0.4, -0.2) is 20.1 Å². The van der Waals surface area contributed by atoms with Crippen molar-refractivity contribution in [1.82, 2.24) is 5.32 Å². The first-order chi connectivity index (χ1) is 11.5. The molecule has 4 nitrogen and oxygen atoms in total. The zero-order valence-electron chi connectivity index (χ0n) is 13.9. The minimum atomic E-state index is -0.182. The van der Waals surface area contributed by atoms with Gasteiger partial charge >= 0.3 is 0 Å². The highest BCUT2D eigenvalue weighted by Gasteiger charge is 2.09. The Bertz CT molecular complexity index is 704. The SMILES string of the molecule is COc1cccc(OC)c1/C=C/C(=O)N[C@H](C)c1ccc(Br)cc1. The third-order valence-electron chi connectivity index (χ3n) is 3.60. The molecule has 2 rings (SSSR count). The highest BCUT2D eigenvalue weighted by molar-refractivity contribution is 9.10. The van der Waals surface area contributed by atoms with Crippen molar-refractivity contribution in [3.8, 4) is 11.5 Å². The van der Waals surface area contributed by atoms with Crippen LogP contribution in [0.2, 0.25) is 0 Å². The van der Waals surface area contributed by atoms with Crippen molar-refractivity contribution in [2.75, 3.05) is 14.2 Å². The van der Waals surface area contributed by atoms with Gasteiger partial charge in [0.1, 0.15) is 11.5 Å². The Kier molecular flexibility index (Phi) is 6.44. The lowest BCUT2D eigenvalue weighted by Crippen LogP contribution is -2.24. The molecule has 2 aromatic rings. The van der Waals surface area contributed by atoms with Gasteiger partial charge in [0.2, 0.25) is 5.91 Å². The lowest BCUT2D eigenvalue weighted by molar-refractivity contribution is -0.117. The molecular formula is C19H20BrNO3. The normalized spacial score (nSPS) is 12.0. The quantitative estimate of drug-likeness (QED) is 0.746. The van der Waals surface area contributed by atoms with Crippen molar-refractivity contribution < 1.29 is 14.3 Å². The second kappa shape index (κ2) is 8.55. The van der Waals surface area contributed by atoms with Crippen molar-refractivity contribution in [2.45, 2.75) is 13.0 Å². The Hall–Kier alpha value is -2.27. The van der Waals surface area contributed by atoms with E-state index in [1.54, 1.807) is 20.3 Å². The van der Waals surface area contributed by atoms with Gasteiger partial charge in [-0.05, 0) is 42.8 Å². The molecule has 0 aliphatic heterocycles. The molecule has 0 aliphatic rings. The zero-order chi connectivity index (χ0) is 17.5. The van der Waals surface area contributed by atoms with Crippen LogP contribution in [0.3, 0.4) is 0 Å². The Balaban J connectivity index is 2.09. The van der Waals surface area contributed by atoms with Crippen molar-refractivity contribution in [3.63, 3.8) is 0 Å². The average Bonchev–Trinajstić information content (AvgIpc) is 2.59. The molecule has 0 heterocycles. The van der Waals surface area contributed by atoms with Crippen molar-refractivity contribution >= 4 is 27.9 Å². The second-order valence-electron chi connectivity index (χ2n) is 5.19. The summed E-state index contributed by atoms with van der Waals surface area (Å²) in [6.45, 7) is 1.94. The van der Waals surface area contributed by atoms with Crippen LogP contribution >= 0.6 is 15.9 Å². The summed E-state index contributed by atoms with van der Waals surface area (Å²) in [5.74, 6) is 1.12. The van der Waals surface area contributed by atoms with Crippen LogP contribution in [-0.2, 0) is 4.79 Å². The van der Waals surface area contributed by atoms with Crippen molar-refractivity contribution in [1.29, 1.82) is 0 Å². The van der Waals surface area contributed by atoms with E-state index in [2.05, 4.69) is 21.2 Å². The number of hydrogen-bond donors (Lipinski definition) is 1. The van der Waals surface area contributed by atoms with E-state index in [1.807, 2.05) is 49.4 Å². The first-order valence-corrected chi connectivity index (χ1v) is 8.29. The molecule has 1 atom stereocenters. The third kappa shape index (κ3) is 4.61. The summed E-state index contributed by atoms with van der Waals surface area (Å²) in [4.78, 5) is 12.2. The summed E-state index contributed by atoms with van der Waals surface area (Å²) >= 11 is 3.40. The molecule has 1 N–H and O–H groups in total.